The average Bonchev–Trinajstić information content (AvgIpc) is 2.89. The van der Waals surface area contributed by atoms with Crippen molar-refractivity contribution < 1.29 is 0 Å². The first-order valence-electron chi connectivity index (χ1n) is 6.87. The lowest BCUT2D eigenvalue weighted by atomic mass is 10.0. The minimum atomic E-state index is 0.171. The van der Waals surface area contributed by atoms with E-state index in [1.54, 1.807) is 11.3 Å². The van der Waals surface area contributed by atoms with Crippen LogP contribution in [0.5, 0.6) is 0 Å². The molecule has 3 nitrogen and oxygen atoms in total. The number of nitrogens with one attached hydrogen (secondary N) is 1. The van der Waals surface area contributed by atoms with Crippen molar-refractivity contribution in [3.63, 3.8) is 0 Å². The molecule has 0 saturated carbocycles. The Morgan fingerprint density at radius 2 is 2.05 bits per heavy atom. The van der Waals surface area contributed by atoms with E-state index >= 15 is 0 Å². The monoisotopic (exact) mass is 307 g/mol. The third-order valence-corrected chi connectivity index (χ3v) is 4.95. The third kappa shape index (κ3) is 2.88. The Morgan fingerprint density at radius 1 is 1.30 bits per heavy atom. The van der Waals surface area contributed by atoms with Crippen molar-refractivity contribution in [2.45, 2.75) is 13.0 Å². The number of halogens is 1. The van der Waals surface area contributed by atoms with E-state index < -0.39 is 0 Å². The highest BCUT2D eigenvalue weighted by Gasteiger charge is 2.27. The smallest absolute Gasteiger partial charge is 0.115 e. The van der Waals surface area contributed by atoms with Gasteiger partial charge in [0.2, 0.25) is 0 Å². The molecule has 1 aromatic carbocycles. The van der Waals surface area contributed by atoms with Crippen molar-refractivity contribution in [2.75, 3.05) is 26.2 Å². The van der Waals surface area contributed by atoms with E-state index in [2.05, 4.69) is 27.7 Å². The zero-order valence-corrected chi connectivity index (χ0v) is 13.0. The number of aromatic nitrogens is 1. The van der Waals surface area contributed by atoms with E-state index in [4.69, 9.17) is 16.6 Å². The molecular formula is C15H18ClN3S. The highest BCUT2D eigenvalue weighted by Crippen LogP contribution is 2.34. The number of thiazole rings is 1. The van der Waals surface area contributed by atoms with Crippen LogP contribution in [0.4, 0.5) is 0 Å². The zero-order valence-electron chi connectivity index (χ0n) is 11.5. The molecule has 3 rings (SSSR count). The molecule has 0 amide bonds. The van der Waals surface area contributed by atoms with Crippen LogP contribution in [0.15, 0.2) is 29.6 Å². The highest BCUT2D eigenvalue weighted by molar-refractivity contribution is 7.09. The summed E-state index contributed by atoms with van der Waals surface area (Å²) in [7, 11) is 0. The minimum absolute atomic E-state index is 0.171. The molecule has 0 spiro atoms. The third-order valence-electron chi connectivity index (χ3n) is 3.59. The summed E-state index contributed by atoms with van der Waals surface area (Å²) in [6.07, 6.45) is 0. The molecule has 1 aromatic heterocycles. The summed E-state index contributed by atoms with van der Waals surface area (Å²) in [5.41, 5.74) is 2.24. The lowest BCUT2D eigenvalue weighted by Crippen LogP contribution is -2.45. The maximum atomic E-state index is 6.43. The molecule has 1 saturated heterocycles. The topological polar surface area (TPSA) is 28.2 Å². The van der Waals surface area contributed by atoms with Crippen molar-refractivity contribution in [1.29, 1.82) is 0 Å². The van der Waals surface area contributed by atoms with Gasteiger partial charge in [0.05, 0.1) is 6.04 Å². The van der Waals surface area contributed by atoms with Crippen LogP contribution in [0.25, 0.3) is 0 Å². The van der Waals surface area contributed by atoms with Gasteiger partial charge >= 0.3 is 0 Å². The summed E-state index contributed by atoms with van der Waals surface area (Å²) in [5, 5.41) is 7.47. The van der Waals surface area contributed by atoms with Gasteiger partial charge in [-0.05, 0) is 18.6 Å². The van der Waals surface area contributed by atoms with Crippen molar-refractivity contribution in [3.8, 4) is 0 Å². The fourth-order valence-electron chi connectivity index (χ4n) is 2.62. The van der Waals surface area contributed by atoms with E-state index in [0.717, 1.165) is 47.5 Å². The predicted octanol–water partition coefficient (Wildman–Crippen LogP) is 3.10. The van der Waals surface area contributed by atoms with Gasteiger partial charge in [-0.2, -0.15) is 0 Å². The molecule has 106 valence electrons. The number of nitrogens with zero attached hydrogens (tertiary/aromatic N) is 2. The van der Waals surface area contributed by atoms with Gasteiger partial charge in [0.1, 0.15) is 5.01 Å². The maximum Gasteiger partial charge on any atom is 0.115 e. The Hall–Kier alpha value is -0.940. The Morgan fingerprint density at radius 3 is 2.70 bits per heavy atom. The molecule has 0 aliphatic carbocycles. The molecule has 2 aromatic rings. The fraction of sp³-hybridized carbons (Fsp3) is 0.400. The quantitative estimate of drug-likeness (QED) is 0.944. The minimum Gasteiger partial charge on any atom is -0.314 e. The van der Waals surface area contributed by atoms with Gasteiger partial charge in [0.25, 0.3) is 0 Å². The zero-order chi connectivity index (χ0) is 13.9. The SMILES string of the molecule is Cc1csc(C(c2ccccc2Cl)N2CCNCC2)n1. The first-order chi connectivity index (χ1) is 9.75. The van der Waals surface area contributed by atoms with Gasteiger partial charge < -0.3 is 5.32 Å². The normalized spacial score (nSPS) is 18.1. The van der Waals surface area contributed by atoms with Gasteiger partial charge in [-0.1, -0.05) is 29.8 Å². The Balaban J connectivity index is 2.01. The summed E-state index contributed by atoms with van der Waals surface area (Å²) in [4.78, 5) is 7.17. The molecule has 0 bridgehead atoms. The Kier molecular flexibility index (Phi) is 4.36. The first-order valence-corrected chi connectivity index (χ1v) is 8.12. The van der Waals surface area contributed by atoms with E-state index in [1.165, 1.54) is 0 Å². The molecule has 0 radical (unpaired) electrons. The van der Waals surface area contributed by atoms with Gasteiger partial charge in [0.15, 0.2) is 0 Å². The Bertz CT molecular complexity index is 578. The molecular weight excluding hydrogens is 290 g/mol. The van der Waals surface area contributed by atoms with Crippen molar-refractivity contribution >= 4 is 22.9 Å². The van der Waals surface area contributed by atoms with Crippen molar-refractivity contribution in [2.24, 2.45) is 0 Å². The maximum absolute atomic E-state index is 6.43. The lowest BCUT2D eigenvalue weighted by molar-refractivity contribution is 0.198. The van der Waals surface area contributed by atoms with Crippen LogP contribution in [0.2, 0.25) is 5.02 Å². The second kappa shape index (κ2) is 6.22. The summed E-state index contributed by atoms with van der Waals surface area (Å²) in [5.74, 6) is 0. The van der Waals surface area contributed by atoms with Crippen LogP contribution in [-0.4, -0.2) is 36.1 Å². The molecule has 1 aliphatic rings. The van der Waals surface area contributed by atoms with Crippen LogP contribution in [0.3, 0.4) is 0 Å². The molecule has 1 fully saturated rings. The second-order valence-electron chi connectivity index (χ2n) is 5.04. The van der Waals surface area contributed by atoms with Gasteiger partial charge in [-0.15, -0.1) is 11.3 Å². The summed E-state index contributed by atoms with van der Waals surface area (Å²) in [6, 6.07) is 8.28. The van der Waals surface area contributed by atoms with Crippen LogP contribution >= 0.6 is 22.9 Å². The van der Waals surface area contributed by atoms with Gasteiger partial charge in [0, 0.05) is 42.3 Å². The number of aryl methyl sites for hydroxylation is 1. The standard InChI is InChI=1S/C15H18ClN3S/c1-11-10-20-15(18-11)14(19-8-6-17-7-9-19)12-4-2-3-5-13(12)16/h2-5,10,14,17H,6-9H2,1H3. The molecule has 5 heteroatoms. The van der Waals surface area contributed by atoms with Crippen LogP contribution in [0, 0.1) is 6.92 Å². The molecule has 1 N–H and O–H groups in total. The molecule has 1 atom stereocenters. The second-order valence-corrected chi connectivity index (χ2v) is 6.33. The summed E-state index contributed by atoms with van der Waals surface area (Å²) < 4.78 is 0. The van der Waals surface area contributed by atoms with E-state index in [9.17, 15) is 0 Å². The van der Waals surface area contributed by atoms with Crippen LogP contribution < -0.4 is 5.32 Å². The van der Waals surface area contributed by atoms with Crippen LogP contribution in [-0.2, 0) is 0 Å². The van der Waals surface area contributed by atoms with E-state index in [-0.39, 0.29) is 6.04 Å². The number of piperazine rings is 1. The number of hydrogen-bond donors (Lipinski definition) is 1. The van der Waals surface area contributed by atoms with Crippen molar-refractivity contribution in [3.05, 3.63) is 50.9 Å². The molecule has 1 unspecified atom stereocenters. The Labute approximate surface area is 128 Å². The van der Waals surface area contributed by atoms with Crippen molar-refractivity contribution in [1.82, 2.24) is 15.2 Å². The summed E-state index contributed by atoms with van der Waals surface area (Å²) >= 11 is 8.15. The van der Waals surface area contributed by atoms with Gasteiger partial charge in [-0.25, -0.2) is 4.98 Å². The molecule has 2 heterocycles. The average molecular weight is 308 g/mol. The highest BCUT2D eigenvalue weighted by atomic mass is 35.5. The predicted molar refractivity (Wildman–Crippen MR) is 84.6 cm³/mol. The van der Waals surface area contributed by atoms with Crippen LogP contribution in [0.1, 0.15) is 22.3 Å². The molecule has 1 aliphatic heterocycles. The largest absolute Gasteiger partial charge is 0.314 e. The molecule has 20 heavy (non-hydrogen) atoms. The van der Waals surface area contributed by atoms with E-state index in [1.807, 2.05) is 19.1 Å². The number of rotatable bonds is 3. The number of benzene rings is 1. The van der Waals surface area contributed by atoms with E-state index in [0.29, 0.717) is 0 Å². The lowest BCUT2D eigenvalue weighted by Gasteiger charge is -2.34. The first kappa shape index (κ1) is 14.0. The van der Waals surface area contributed by atoms with Gasteiger partial charge in [-0.3, -0.25) is 4.90 Å². The summed E-state index contributed by atoms with van der Waals surface area (Å²) in [6.45, 7) is 6.13. The fourth-order valence-corrected chi connectivity index (χ4v) is 3.81. The number of hydrogen-bond acceptors (Lipinski definition) is 4.